The first-order valence-electron chi connectivity index (χ1n) is 10.2. The molecule has 3 N–H and O–H groups in total. The topological polar surface area (TPSA) is 94.8 Å². The van der Waals surface area contributed by atoms with Gasteiger partial charge in [-0.15, -0.1) is 0 Å². The van der Waals surface area contributed by atoms with Gasteiger partial charge >= 0.3 is 11.9 Å². The fourth-order valence-corrected chi connectivity index (χ4v) is 4.01. The zero-order valence-electron chi connectivity index (χ0n) is 16.2. The summed E-state index contributed by atoms with van der Waals surface area (Å²) in [7, 11) is 0. The summed E-state index contributed by atoms with van der Waals surface area (Å²) in [4.78, 5) is 22.3. The van der Waals surface area contributed by atoms with Gasteiger partial charge in [-0.3, -0.25) is 9.59 Å². The van der Waals surface area contributed by atoms with Crippen LogP contribution in [0.25, 0.3) is 0 Å². The number of carbonyl (C=O) groups is 2. The predicted octanol–water partition coefficient (Wildman–Crippen LogP) is 3.94. The lowest BCUT2D eigenvalue weighted by molar-refractivity contribution is -0.144. The molecule has 7 heteroatoms. The van der Waals surface area contributed by atoms with E-state index < -0.39 is 36.3 Å². The number of carbonyl (C=O) groups excluding carboxylic acids is 1. The van der Waals surface area contributed by atoms with E-state index >= 15 is 0 Å². The molecular weight excluding hydrogens is 358 g/mol. The standard InChI is InChI=1S/C20H34F2O5/c1-2-3-12-20(21,22)18(25)11-10-15-14(16(23)13-17(15)24)8-6-4-5-7-9-19(26)27/h14-17,23-24H,2-13H2,1H3,(H,26,27)/t14-,15-,16+,17-/m1/s1. The summed E-state index contributed by atoms with van der Waals surface area (Å²) in [5, 5.41) is 28.9. The molecule has 0 saturated heterocycles. The second-order valence-corrected chi connectivity index (χ2v) is 7.81. The minimum absolute atomic E-state index is 0.141. The number of aliphatic hydroxyl groups excluding tert-OH is 2. The molecule has 0 aromatic heterocycles. The van der Waals surface area contributed by atoms with Crippen molar-refractivity contribution in [1.29, 1.82) is 0 Å². The summed E-state index contributed by atoms with van der Waals surface area (Å²) >= 11 is 0. The molecule has 1 saturated carbocycles. The lowest BCUT2D eigenvalue weighted by Crippen LogP contribution is -2.30. The third kappa shape index (κ3) is 8.21. The number of unbranched alkanes of at least 4 members (excludes halogenated alkanes) is 4. The first-order valence-corrected chi connectivity index (χ1v) is 10.2. The normalized spacial score (nSPS) is 25.7. The third-order valence-electron chi connectivity index (χ3n) is 5.66. The summed E-state index contributed by atoms with van der Waals surface area (Å²) in [5.74, 6) is -5.74. The highest BCUT2D eigenvalue weighted by atomic mass is 19.3. The molecule has 0 aliphatic heterocycles. The van der Waals surface area contributed by atoms with Crippen LogP contribution in [0.3, 0.4) is 0 Å². The fourth-order valence-electron chi connectivity index (χ4n) is 4.01. The molecule has 0 spiro atoms. The van der Waals surface area contributed by atoms with Crippen molar-refractivity contribution in [3.63, 3.8) is 0 Å². The van der Waals surface area contributed by atoms with Crippen molar-refractivity contribution in [2.45, 2.75) is 102 Å². The van der Waals surface area contributed by atoms with Crippen molar-refractivity contribution in [3.8, 4) is 0 Å². The molecule has 0 aromatic rings. The van der Waals surface area contributed by atoms with Crippen molar-refractivity contribution in [2.75, 3.05) is 0 Å². The largest absolute Gasteiger partial charge is 0.481 e. The lowest BCUT2D eigenvalue weighted by Gasteiger charge is -2.24. The molecule has 1 fully saturated rings. The molecular formula is C20H34F2O5. The number of hydrogen-bond acceptors (Lipinski definition) is 4. The molecule has 0 radical (unpaired) electrons. The van der Waals surface area contributed by atoms with E-state index in [-0.39, 0.29) is 37.5 Å². The number of rotatable bonds is 14. The average molecular weight is 392 g/mol. The Balaban J connectivity index is 2.44. The maximum absolute atomic E-state index is 13.8. The Morgan fingerprint density at radius 3 is 2.11 bits per heavy atom. The number of Topliss-reactive ketones (excluding diaryl/α,β-unsaturated/α-hetero) is 1. The Labute approximate surface area is 160 Å². The molecule has 5 nitrogen and oxygen atoms in total. The van der Waals surface area contributed by atoms with Crippen LogP contribution in [0.15, 0.2) is 0 Å². The van der Waals surface area contributed by atoms with Crippen LogP contribution in [0.4, 0.5) is 8.78 Å². The number of halogens is 2. The van der Waals surface area contributed by atoms with E-state index in [4.69, 9.17) is 5.11 Å². The molecule has 158 valence electrons. The number of ketones is 1. The number of alkyl halides is 2. The molecule has 4 atom stereocenters. The molecule has 0 heterocycles. The first kappa shape index (κ1) is 24.0. The Bertz CT molecular complexity index is 469. The average Bonchev–Trinajstić information content (AvgIpc) is 2.86. The van der Waals surface area contributed by atoms with Crippen molar-refractivity contribution < 1.29 is 33.7 Å². The summed E-state index contributed by atoms with van der Waals surface area (Å²) in [5.41, 5.74) is 0. The second-order valence-electron chi connectivity index (χ2n) is 7.81. The van der Waals surface area contributed by atoms with Crippen LogP contribution in [0.5, 0.6) is 0 Å². The molecule has 0 unspecified atom stereocenters. The van der Waals surface area contributed by atoms with Gasteiger partial charge in [-0.2, -0.15) is 8.78 Å². The van der Waals surface area contributed by atoms with Gasteiger partial charge in [-0.25, -0.2) is 0 Å². The van der Waals surface area contributed by atoms with Gasteiger partial charge in [-0.05, 0) is 43.9 Å². The smallest absolute Gasteiger partial charge is 0.305 e. The maximum atomic E-state index is 13.8. The number of hydrogen-bond donors (Lipinski definition) is 3. The molecule has 0 amide bonds. The van der Waals surface area contributed by atoms with Crippen LogP contribution in [-0.2, 0) is 9.59 Å². The second kappa shape index (κ2) is 11.7. The highest BCUT2D eigenvalue weighted by Gasteiger charge is 2.43. The summed E-state index contributed by atoms with van der Waals surface area (Å²) < 4.78 is 27.6. The van der Waals surface area contributed by atoms with Gasteiger partial charge in [0.25, 0.3) is 0 Å². The quantitative estimate of drug-likeness (QED) is 0.389. The predicted molar refractivity (Wildman–Crippen MR) is 97.7 cm³/mol. The van der Waals surface area contributed by atoms with Crippen LogP contribution in [-0.4, -0.2) is 45.2 Å². The monoisotopic (exact) mass is 392 g/mol. The van der Waals surface area contributed by atoms with Crippen LogP contribution < -0.4 is 0 Å². The molecule has 0 bridgehead atoms. The molecule has 1 rings (SSSR count). The molecule has 0 aromatic carbocycles. The zero-order chi connectivity index (χ0) is 20.4. The van der Waals surface area contributed by atoms with Crippen LogP contribution in [0, 0.1) is 11.8 Å². The first-order chi connectivity index (χ1) is 12.7. The van der Waals surface area contributed by atoms with Crippen LogP contribution in [0.2, 0.25) is 0 Å². The SMILES string of the molecule is CCCCC(F)(F)C(=O)CC[C@@H]1[C@@H](CCCCCCC(=O)O)[C@@H](O)C[C@H]1O. The fraction of sp³-hybridized carbons (Fsp3) is 0.900. The Morgan fingerprint density at radius 2 is 1.52 bits per heavy atom. The molecule has 1 aliphatic carbocycles. The van der Waals surface area contributed by atoms with Crippen molar-refractivity contribution >= 4 is 11.8 Å². The van der Waals surface area contributed by atoms with Gasteiger partial charge in [0.05, 0.1) is 12.2 Å². The van der Waals surface area contributed by atoms with Crippen molar-refractivity contribution in [1.82, 2.24) is 0 Å². The van der Waals surface area contributed by atoms with Crippen LogP contribution in [0.1, 0.15) is 84.0 Å². The minimum Gasteiger partial charge on any atom is -0.481 e. The zero-order valence-corrected chi connectivity index (χ0v) is 16.2. The number of carboxylic acids is 1. The summed E-state index contributed by atoms with van der Waals surface area (Å²) in [6.07, 6.45) is 2.92. The molecule has 27 heavy (non-hydrogen) atoms. The van der Waals surface area contributed by atoms with E-state index in [0.29, 0.717) is 25.7 Å². The minimum atomic E-state index is -3.31. The van der Waals surface area contributed by atoms with Crippen molar-refractivity contribution in [2.24, 2.45) is 11.8 Å². The Morgan fingerprint density at radius 1 is 0.926 bits per heavy atom. The molecule has 1 aliphatic rings. The number of carboxylic acid groups (broad SMARTS) is 1. The van der Waals surface area contributed by atoms with Crippen LogP contribution >= 0.6 is 0 Å². The number of aliphatic carboxylic acids is 1. The van der Waals surface area contributed by atoms with E-state index in [9.17, 15) is 28.6 Å². The van der Waals surface area contributed by atoms with E-state index in [2.05, 4.69) is 0 Å². The van der Waals surface area contributed by atoms with Gasteiger partial charge in [0.15, 0.2) is 0 Å². The van der Waals surface area contributed by atoms with E-state index in [1.165, 1.54) is 0 Å². The van der Waals surface area contributed by atoms with Gasteiger partial charge in [0.1, 0.15) is 0 Å². The highest BCUT2D eigenvalue weighted by molar-refractivity contribution is 5.85. The Kier molecular flexibility index (Phi) is 10.4. The lowest BCUT2D eigenvalue weighted by atomic mass is 9.84. The summed E-state index contributed by atoms with van der Waals surface area (Å²) in [6.45, 7) is 1.79. The van der Waals surface area contributed by atoms with Gasteiger partial charge < -0.3 is 15.3 Å². The third-order valence-corrected chi connectivity index (χ3v) is 5.66. The van der Waals surface area contributed by atoms with E-state index in [0.717, 1.165) is 19.3 Å². The van der Waals surface area contributed by atoms with Gasteiger partial charge in [0.2, 0.25) is 5.78 Å². The highest BCUT2D eigenvalue weighted by Crippen LogP contribution is 2.39. The maximum Gasteiger partial charge on any atom is 0.305 e. The van der Waals surface area contributed by atoms with Crippen molar-refractivity contribution in [3.05, 3.63) is 0 Å². The van der Waals surface area contributed by atoms with E-state index in [1.807, 2.05) is 0 Å². The van der Waals surface area contributed by atoms with Gasteiger partial charge in [-0.1, -0.05) is 32.6 Å². The number of aliphatic hydroxyl groups is 2. The summed E-state index contributed by atoms with van der Waals surface area (Å²) in [6, 6.07) is 0. The van der Waals surface area contributed by atoms with E-state index in [1.54, 1.807) is 6.92 Å². The van der Waals surface area contributed by atoms with Gasteiger partial charge in [0, 0.05) is 19.3 Å². The Hall–Kier alpha value is -1.08.